The summed E-state index contributed by atoms with van der Waals surface area (Å²) in [7, 11) is 4.00. The van der Waals surface area contributed by atoms with Gasteiger partial charge in [-0.15, -0.1) is 0 Å². The van der Waals surface area contributed by atoms with Crippen LogP contribution < -0.4 is 0 Å². The molecule has 0 spiro atoms. The van der Waals surface area contributed by atoms with Crippen LogP contribution in [0.2, 0.25) is 10.0 Å². The van der Waals surface area contributed by atoms with Crippen LogP contribution in [0, 0.1) is 5.92 Å². The lowest BCUT2D eigenvalue weighted by Crippen LogP contribution is -2.27. The first-order chi connectivity index (χ1) is 10.4. The summed E-state index contributed by atoms with van der Waals surface area (Å²) in [6.45, 7) is 2.95. The zero-order chi connectivity index (χ0) is 16.5. The molecule has 1 aromatic carbocycles. The molecule has 0 radical (unpaired) electrons. The zero-order valence-corrected chi connectivity index (χ0v) is 15.1. The maximum absolute atomic E-state index is 12.4. The van der Waals surface area contributed by atoms with Crippen molar-refractivity contribution < 1.29 is 4.79 Å². The largest absolute Gasteiger partial charge is 0.309 e. The molecule has 22 heavy (non-hydrogen) atoms. The first-order valence-corrected chi connectivity index (χ1v) is 8.51. The van der Waals surface area contributed by atoms with Crippen molar-refractivity contribution in [3.63, 3.8) is 0 Å². The van der Waals surface area contributed by atoms with E-state index in [1.165, 1.54) is 12.8 Å². The number of carbonyl (C=O) groups excluding carboxylic acids is 1. The van der Waals surface area contributed by atoms with Gasteiger partial charge in [-0.05, 0) is 50.4 Å². The van der Waals surface area contributed by atoms with Gasteiger partial charge in [-0.3, -0.25) is 4.79 Å². The van der Waals surface area contributed by atoms with Crippen molar-refractivity contribution in [2.24, 2.45) is 5.92 Å². The van der Waals surface area contributed by atoms with Gasteiger partial charge in [-0.2, -0.15) is 0 Å². The number of hydrogen-bond acceptors (Lipinski definition) is 2. The van der Waals surface area contributed by atoms with Gasteiger partial charge in [0, 0.05) is 22.5 Å². The van der Waals surface area contributed by atoms with Crippen molar-refractivity contribution in [1.82, 2.24) is 4.90 Å². The second-order valence-electron chi connectivity index (χ2n) is 5.86. The molecule has 0 saturated carbocycles. The predicted molar refractivity (Wildman–Crippen MR) is 96.7 cm³/mol. The fourth-order valence-corrected chi connectivity index (χ4v) is 2.82. The molecule has 0 aliphatic rings. The molecule has 0 N–H and O–H groups in total. The Kier molecular flexibility index (Phi) is 8.77. The second-order valence-corrected chi connectivity index (χ2v) is 6.70. The Morgan fingerprint density at radius 3 is 2.59 bits per heavy atom. The number of benzene rings is 1. The first kappa shape index (κ1) is 19.2. The van der Waals surface area contributed by atoms with Gasteiger partial charge in [0.05, 0.1) is 0 Å². The van der Waals surface area contributed by atoms with Crippen LogP contribution in [0.1, 0.15) is 38.2 Å². The Bertz CT molecular complexity index is 512. The Morgan fingerprint density at radius 1 is 1.27 bits per heavy atom. The van der Waals surface area contributed by atoms with E-state index in [4.69, 9.17) is 23.2 Å². The maximum Gasteiger partial charge on any atom is 0.160 e. The highest BCUT2D eigenvalue weighted by molar-refractivity contribution is 6.35. The molecule has 1 aromatic rings. The van der Waals surface area contributed by atoms with Crippen LogP contribution in [-0.4, -0.2) is 31.3 Å². The normalized spacial score (nSPS) is 13.0. The molecule has 0 bridgehead atoms. The molecule has 1 atom stereocenters. The topological polar surface area (TPSA) is 20.3 Å². The van der Waals surface area contributed by atoms with Crippen LogP contribution in [0.4, 0.5) is 0 Å². The SMILES string of the molecule is CCCCC[C@@H](CN(C)C)C(=O)/C=C\c1ccc(Cl)cc1Cl. The molecule has 0 aromatic heterocycles. The molecule has 2 nitrogen and oxygen atoms in total. The minimum atomic E-state index is 0.0453. The molecule has 0 aliphatic carbocycles. The van der Waals surface area contributed by atoms with E-state index in [2.05, 4.69) is 11.8 Å². The van der Waals surface area contributed by atoms with Crippen molar-refractivity contribution >= 4 is 35.1 Å². The summed E-state index contributed by atoms with van der Waals surface area (Å²) in [5.41, 5.74) is 0.816. The van der Waals surface area contributed by atoms with E-state index >= 15 is 0 Å². The quantitative estimate of drug-likeness (QED) is 0.446. The van der Waals surface area contributed by atoms with Gasteiger partial charge in [-0.1, -0.05) is 55.5 Å². The summed E-state index contributed by atoms with van der Waals surface area (Å²) in [6, 6.07) is 5.29. The van der Waals surface area contributed by atoms with Crippen molar-refractivity contribution in [3.05, 3.63) is 39.9 Å². The second kappa shape index (κ2) is 10.0. The molecule has 0 unspecified atom stereocenters. The van der Waals surface area contributed by atoms with Crippen LogP contribution in [-0.2, 0) is 4.79 Å². The minimum Gasteiger partial charge on any atom is -0.309 e. The van der Waals surface area contributed by atoms with Gasteiger partial charge in [0.25, 0.3) is 0 Å². The van der Waals surface area contributed by atoms with Gasteiger partial charge in [0.2, 0.25) is 0 Å². The molecule has 0 amide bonds. The number of allylic oxidation sites excluding steroid dienone is 1. The first-order valence-electron chi connectivity index (χ1n) is 7.75. The third-order valence-corrected chi connectivity index (χ3v) is 4.10. The van der Waals surface area contributed by atoms with Gasteiger partial charge >= 0.3 is 0 Å². The lowest BCUT2D eigenvalue weighted by molar-refractivity contribution is -0.118. The summed E-state index contributed by atoms with van der Waals surface area (Å²) in [6.07, 6.45) is 7.79. The Balaban J connectivity index is 2.73. The molecule has 0 aliphatic heterocycles. The number of carbonyl (C=O) groups is 1. The van der Waals surface area contributed by atoms with Crippen LogP contribution in [0.15, 0.2) is 24.3 Å². The molecule has 4 heteroatoms. The number of halogens is 2. The predicted octanol–water partition coefficient (Wildman–Crippen LogP) is 5.33. The van der Waals surface area contributed by atoms with E-state index in [0.717, 1.165) is 24.9 Å². The van der Waals surface area contributed by atoms with Crippen molar-refractivity contribution in [2.75, 3.05) is 20.6 Å². The summed E-state index contributed by atoms with van der Waals surface area (Å²) in [5.74, 6) is 0.208. The number of rotatable bonds is 9. The smallest absolute Gasteiger partial charge is 0.160 e. The fraction of sp³-hybridized carbons (Fsp3) is 0.500. The molecular weight excluding hydrogens is 317 g/mol. The minimum absolute atomic E-state index is 0.0453. The van der Waals surface area contributed by atoms with E-state index in [-0.39, 0.29) is 11.7 Å². The van der Waals surface area contributed by atoms with E-state index in [1.807, 2.05) is 20.2 Å². The molecule has 0 heterocycles. The highest BCUT2D eigenvalue weighted by Gasteiger charge is 2.16. The van der Waals surface area contributed by atoms with E-state index in [1.54, 1.807) is 24.3 Å². The molecule has 0 saturated heterocycles. The third kappa shape index (κ3) is 6.95. The highest BCUT2D eigenvalue weighted by Crippen LogP contribution is 2.22. The number of ketones is 1. The van der Waals surface area contributed by atoms with Crippen LogP contribution >= 0.6 is 23.2 Å². The Morgan fingerprint density at radius 2 is 2.00 bits per heavy atom. The summed E-state index contributed by atoms with van der Waals surface area (Å²) < 4.78 is 0. The summed E-state index contributed by atoms with van der Waals surface area (Å²) in [5, 5.41) is 1.16. The van der Waals surface area contributed by atoms with E-state index in [9.17, 15) is 4.79 Å². The average molecular weight is 342 g/mol. The van der Waals surface area contributed by atoms with E-state index < -0.39 is 0 Å². The third-order valence-electron chi connectivity index (χ3n) is 3.53. The Labute approximate surface area is 144 Å². The molecule has 0 fully saturated rings. The number of hydrogen-bond donors (Lipinski definition) is 0. The van der Waals surface area contributed by atoms with E-state index in [0.29, 0.717) is 10.0 Å². The van der Waals surface area contributed by atoms with Gasteiger partial charge < -0.3 is 4.90 Å². The highest BCUT2D eigenvalue weighted by atomic mass is 35.5. The van der Waals surface area contributed by atoms with Gasteiger partial charge in [0.15, 0.2) is 5.78 Å². The van der Waals surface area contributed by atoms with Crippen molar-refractivity contribution in [2.45, 2.75) is 32.6 Å². The summed E-state index contributed by atoms with van der Waals surface area (Å²) >= 11 is 12.0. The Hall–Kier alpha value is -0.830. The van der Waals surface area contributed by atoms with Crippen LogP contribution in [0.3, 0.4) is 0 Å². The van der Waals surface area contributed by atoms with Gasteiger partial charge in [-0.25, -0.2) is 0 Å². The monoisotopic (exact) mass is 341 g/mol. The lowest BCUT2D eigenvalue weighted by Gasteiger charge is -2.18. The van der Waals surface area contributed by atoms with Crippen LogP contribution in [0.5, 0.6) is 0 Å². The number of unbranched alkanes of at least 4 members (excludes halogenated alkanes) is 2. The molecular formula is C18H25Cl2NO. The fourth-order valence-electron chi connectivity index (χ4n) is 2.35. The molecule has 1 rings (SSSR count). The van der Waals surface area contributed by atoms with Crippen molar-refractivity contribution in [1.29, 1.82) is 0 Å². The maximum atomic E-state index is 12.4. The number of nitrogens with zero attached hydrogens (tertiary/aromatic N) is 1. The van der Waals surface area contributed by atoms with Crippen LogP contribution in [0.25, 0.3) is 6.08 Å². The van der Waals surface area contributed by atoms with Crippen molar-refractivity contribution in [3.8, 4) is 0 Å². The molecule has 122 valence electrons. The summed E-state index contributed by atoms with van der Waals surface area (Å²) in [4.78, 5) is 14.5. The zero-order valence-electron chi connectivity index (χ0n) is 13.6. The standard InChI is InChI=1S/C18H25Cl2NO/c1-4-5-6-7-15(13-21(2)3)18(22)11-9-14-8-10-16(19)12-17(14)20/h8-12,15H,4-7,13H2,1-3H3/b11-9-/t15-/m0/s1. The van der Waals surface area contributed by atoms with Gasteiger partial charge in [0.1, 0.15) is 0 Å². The lowest BCUT2D eigenvalue weighted by atomic mass is 9.95. The average Bonchev–Trinajstić information content (AvgIpc) is 2.45.